The molecule has 1 heterocycles. The van der Waals surface area contributed by atoms with Crippen LogP contribution in [0.15, 0.2) is 0 Å². The lowest BCUT2D eigenvalue weighted by Crippen LogP contribution is -2.42. The van der Waals surface area contributed by atoms with Gasteiger partial charge in [-0.2, -0.15) is 0 Å². The number of nitrogens with zero attached hydrogens (tertiary/aromatic N) is 2. The molecule has 2 fully saturated rings. The molecule has 0 spiro atoms. The molecule has 1 N–H and O–H groups in total. The molecule has 0 aromatic heterocycles. The summed E-state index contributed by atoms with van der Waals surface area (Å²) in [4.78, 5) is 5.21. The summed E-state index contributed by atoms with van der Waals surface area (Å²) < 4.78 is 0. The van der Waals surface area contributed by atoms with Crippen LogP contribution < -0.4 is 5.32 Å². The fourth-order valence-electron chi connectivity index (χ4n) is 3.75. The van der Waals surface area contributed by atoms with Gasteiger partial charge in [-0.1, -0.05) is 26.2 Å². The minimum Gasteiger partial charge on any atom is -0.314 e. The van der Waals surface area contributed by atoms with Crippen molar-refractivity contribution in [2.45, 2.75) is 51.5 Å². The maximum absolute atomic E-state index is 3.75. The molecule has 1 saturated heterocycles. The predicted molar refractivity (Wildman–Crippen MR) is 82.6 cm³/mol. The van der Waals surface area contributed by atoms with Crippen LogP contribution in [-0.4, -0.2) is 62.2 Å². The molecule has 2 atom stereocenters. The fourth-order valence-corrected chi connectivity index (χ4v) is 3.75. The highest BCUT2D eigenvalue weighted by Crippen LogP contribution is 2.24. The van der Waals surface area contributed by atoms with Crippen LogP contribution in [0, 0.1) is 5.92 Å². The zero-order valence-corrected chi connectivity index (χ0v) is 13.0. The maximum Gasteiger partial charge on any atom is 0.0109 e. The van der Waals surface area contributed by atoms with Crippen molar-refractivity contribution in [1.29, 1.82) is 0 Å². The van der Waals surface area contributed by atoms with Gasteiger partial charge >= 0.3 is 0 Å². The molecule has 112 valence electrons. The summed E-state index contributed by atoms with van der Waals surface area (Å²) in [5, 5.41) is 3.75. The first-order valence-electron chi connectivity index (χ1n) is 8.44. The number of hydrogen-bond donors (Lipinski definition) is 1. The highest BCUT2D eigenvalue weighted by molar-refractivity contribution is 4.82. The zero-order valence-electron chi connectivity index (χ0n) is 13.0. The van der Waals surface area contributed by atoms with E-state index in [1.54, 1.807) is 0 Å². The smallest absolute Gasteiger partial charge is 0.0109 e. The lowest BCUT2D eigenvalue weighted by Gasteiger charge is -2.31. The average molecular weight is 267 g/mol. The third kappa shape index (κ3) is 5.05. The van der Waals surface area contributed by atoms with Crippen LogP contribution in [-0.2, 0) is 0 Å². The molecule has 3 heteroatoms. The number of nitrogens with one attached hydrogen (secondary N) is 1. The van der Waals surface area contributed by atoms with E-state index in [1.165, 1.54) is 71.2 Å². The van der Waals surface area contributed by atoms with Gasteiger partial charge in [0.1, 0.15) is 0 Å². The largest absolute Gasteiger partial charge is 0.314 e. The Labute approximate surface area is 119 Å². The van der Waals surface area contributed by atoms with Crippen LogP contribution in [0.4, 0.5) is 0 Å². The molecule has 2 aliphatic rings. The normalized spacial score (nSPS) is 31.9. The summed E-state index contributed by atoms with van der Waals surface area (Å²) in [7, 11) is 2.26. The minimum atomic E-state index is 0.772. The number of likely N-dealkylation sites (N-methyl/N-ethyl adjacent to an activating group) is 1. The standard InChI is InChI=1S/C16H33N3/c1-3-17-16-9-6-4-5-8-15(16)14-19-11-7-10-18(2)12-13-19/h15-17H,3-14H2,1-2H3. The van der Waals surface area contributed by atoms with Crippen LogP contribution in [0.3, 0.4) is 0 Å². The van der Waals surface area contributed by atoms with Gasteiger partial charge in [0.15, 0.2) is 0 Å². The van der Waals surface area contributed by atoms with E-state index in [4.69, 9.17) is 0 Å². The molecule has 0 bridgehead atoms. The van der Waals surface area contributed by atoms with Crippen molar-refractivity contribution in [2.75, 3.05) is 46.3 Å². The van der Waals surface area contributed by atoms with E-state index in [0.29, 0.717) is 0 Å². The van der Waals surface area contributed by atoms with E-state index < -0.39 is 0 Å². The molecule has 0 amide bonds. The van der Waals surface area contributed by atoms with E-state index in [2.05, 4.69) is 29.1 Å². The molecule has 0 aromatic carbocycles. The molecule has 0 radical (unpaired) electrons. The summed E-state index contributed by atoms with van der Waals surface area (Å²) in [5.41, 5.74) is 0. The number of rotatable bonds is 4. The third-order valence-corrected chi connectivity index (χ3v) is 4.93. The van der Waals surface area contributed by atoms with Crippen LogP contribution in [0.1, 0.15) is 45.4 Å². The lowest BCUT2D eigenvalue weighted by atomic mass is 9.94. The Morgan fingerprint density at radius 2 is 1.79 bits per heavy atom. The average Bonchev–Trinajstić information content (AvgIpc) is 2.73. The topological polar surface area (TPSA) is 18.5 Å². The molecule has 2 unspecified atom stereocenters. The summed E-state index contributed by atoms with van der Waals surface area (Å²) in [6.45, 7) is 9.81. The molecule has 0 aromatic rings. The molecule has 19 heavy (non-hydrogen) atoms. The van der Waals surface area contributed by atoms with Crippen LogP contribution in [0.25, 0.3) is 0 Å². The first-order chi connectivity index (χ1) is 9.29. The summed E-state index contributed by atoms with van der Waals surface area (Å²) in [5.74, 6) is 0.880. The Balaban J connectivity index is 1.86. The van der Waals surface area contributed by atoms with Gasteiger partial charge in [0.2, 0.25) is 0 Å². The molecule has 1 aliphatic carbocycles. The Hall–Kier alpha value is -0.120. The molecular weight excluding hydrogens is 234 g/mol. The Kier molecular flexibility index (Phi) is 6.62. The second-order valence-electron chi connectivity index (χ2n) is 6.52. The Morgan fingerprint density at radius 3 is 2.63 bits per heavy atom. The van der Waals surface area contributed by atoms with E-state index >= 15 is 0 Å². The van der Waals surface area contributed by atoms with Crippen molar-refractivity contribution in [3.8, 4) is 0 Å². The first kappa shape index (κ1) is 15.3. The highest BCUT2D eigenvalue weighted by Gasteiger charge is 2.25. The fraction of sp³-hybridized carbons (Fsp3) is 1.00. The van der Waals surface area contributed by atoms with Crippen LogP contribution in [0.2, 0.25) is 0 Å². The third-order valence-electron chi connectivity index (χ3n) is 4.93. The molecule has 1 saturated carbocycles. The first-order valence-corrected chi connectivity index (χ1v) is 8.44. The van der Waals surface area contributed by atoms with Crippen LogP contribution >= 0.6 is 0 Å². The van der Waals surface area contributed by atoms with Gasteiger partial charge in [-0.15, -0.1) is 0 Å². The summed E-state index contributed by atoms with van der Waals surface area (Å²) >= 11 is 0. The number of hydrogen-bond acceptors (Lipinski definition) is 3. The molecular formula is C16H33N3. The summed E-state index contributed by atoms with van der Waals surface area (Å²) in [6, 6.07) is 0.772. The van der Waals surface area contributed by atoms with Gasteiger partial charge < -0.3 is 15.1 Å². The maximum atomic E-state index is 3.75. The molecule has 2 rings (SSSR count). The van der Waals surface area contributed by atoms with E-state index in [9.17, 15) is 0 Å². The van der Waals surface area contributed by atoms with Crippen molar-refractivity contribution in [3.63, 3.8) is 0 Å². The van der Waals surface area contributed by atoms with Gasteiger partial charge in [0.25, 0.3) is 0 Å². The van der Waals surface area contributed by atoms with Crippen molar-refractivity contribution in [3.05, 3.63) is 0 Å². The SMILES string of the molecule is CCNC1CCCCCC1CN1CCCN(C)CC1. The molecule has 3 nitrogen and oxygen atoms in total. The van der Waals surface area contributed by atoms with Crippen molar-refractivity contribution < 1.29 is 0 Å². The Bertz CT molecular complexity index is 244. The van der Waals surface area contributed by atoms with E-state index in [1.807, 2.05) is 0 Å². The van der Waals surface area contributed by atoms with E-state index in [-0.39, 0.29) is 0 Å². The van der Waals surface area contributed by atoms with E-state index in [0.717, 1.165) is 18.5 Å². The van der Waals surface area contributed by atoms with Crippen molar-refractivity contribution in [2.24, 2.45) is 5.92 Å². The highest BCUT2D eigenvalue weighted by atomic mass is 15.2. The van der Waals surface area contributed by atoms with Crippen molar-refractivity contribution in [1.82, 2.24) is 15.1 Å². The minimum absolute atomic E-state index is 0.772. The zero-order chi connectivity index (χ0) is 13.5. The lowest BCUT2D eigenvalue weighted by molar-refractivity contribution is 0.199. The van der Waals surface area contributed by atoms with Gasteiger partial charge in [-0.3, -0.25) is 0 Å². The predicted octanol–water partition coefficient (Wildman–Crippen LogP) is 2.18. The Morgan fingerprint density at radius 1 is 0.947 bits per heavy atom. The monoisotopic (exact) mass is 267 g/mol. The van der Waals surface area contributed by atoms with Gasteiger partial charge in [0.05, 0.1) is 0 Å². The molecule has 1 aliphatic heterocycles. The van der Waals surface area contributed by atoms with Gasteiger partial charge in [-0.05, 0) is 51.9 Å². The van der Waals surface area contributed by atoms with Gasteiger partial charge in [-0.25, -0.2) is 0 Å². The second kappa shape index (κ2) is 8.23. The van der Waals surface area contributed by atoms with Crippen molar-refractivity contribution >= 4 is 0 Å². The second-order valence-corrected chi connectivity index (χ2v) is 6.52. The van der Waals surface area contributed by atoms with Gasteiger partial charge in [0, 0.05) is 25.7 Å². The van der Waals surface area contributed by atoms with Crippen LogP contribution in [0.5, 0.6) is 0 Å². The summed E-state index contributed by atoms with van der Waals surface area (Å²) in [6.07, 6.45) is 8.49. The quantitative estimate of drug-likeness (QED) is 0.788.